The Labute approximate surface area is 232 Å². The van der Waals surface area contributed by atoms with Crippen molar-refractivity contribution in [2.45, 2.75) is 70.7 Å². The summed E-state index contributed by atoms with van der Waals surface area (Å²) in [5, 5.41) is 10.1. The highest BCUT2D eigenvalue weighted by Crippen LogP contribution is 2.38. The molecule has 1 aliphatic carbocycles. The fourth-order valence-electron chi connectivity index (χ4n) is 4.98. The number of carboxylic acid groups (broad SMARTS) is 1. The molecule has 12 heteroatoms. The molecule has 2 aliphatic rings. The largest absolute Gasteiger partial charge is 0.477 e. The van der Waals surface area contributed by atoms with Crippen molar-refractivity contribution in [1.82, 2.24) is 14.3 Å². The number of aromatic carboxylic acids is 1. The lowest BCUT2D eigenvalue weighted by molar-refractivity contribution is -0.124. The average molecular weight is 575 g/mol. The molecule has 1 saturated carbocycles. The molecule has 1 saturated heterocycles. The van der Waals surface area contributed by atoms with E-state index in [0.29, 0.717) is 30.1 Å². The Balaban J connectivity index is 1.72. The topological polar surface area (TPSA) is 141 Å². The second kappa shape index (κ2) is 11.2. The molecule has 0 aromatic carbocycles. The van der Waals surface area contributed by atoms with Gasteiger partial charge in [0.2, 0.25) is 15.9 Å². The number of hydrogen-bond acceptors (Lipinski definition) is 7. The second-order valence-corrected chi connectivity index (χ2v) is 14.3. The van der Waals surface area contributed by atoms with Crippen molar-refractivity contribution in [1.29, 1.82) is 0 Å². The Morgan fingerprint density at radius 1 is 1.21 bits per heavy atom. The van der Waals surface area contributed by atoms with Crippen LogP contribution in [0, 0.1) is 29.1 Å². The third kappa shape index (κ3) is 6.59. The van der Waals surface area contributed by atoms with Crippen molar-refractivity contribution in [3.8, 4) is 11.8 Å². The van der Waals surface area contributed by atoms with Crippen LogP contribution in [0.25, 0.3) is 0 Å². The van der Waals surface area contributed by atoms with E-state index < -0.39 is 27.7 Å². The molecule has 0 spiro atoms. The first-order valence-electron chi connectivity index (χ1n) is 13.0. The summed E-state index contributed by atoms with van der Waals surface area (Å²) in [7, 11) is -3.98. The minimum absolute atomic E-state index is 0.00572. The molecule has 39 heavy (non-hydrogen) atoms. The normalized spacial score (nSPS) is 22.2. The minimum Gasteiger partial charge on any atom is -0.477 e. The molecule has 10 nitrogen and oxygen atoms in total. The third-order valence-electron chi connectivity index (χ3n) is 7.11. The van der Waals surface area contributed by atoms with Gasteiger partial charge in [0.1, 0.15) is 9.77 Å². The lowest BCUT2D eigenvalue weighted by Crippen LogP contribution is -2.46. The Kier molecular flexibility index (Phi) is 8.35. The maximum absolute atomic E-state index is 14.0. The van der Waals surface area contributed by atoms with E-state index in [0.717, 1.165) is 36.6 Å². The van der Waals surface area contributed by atoms with Crippen LogP contribution in [0.3, 0.4) is 0 Å². The van der Waals surface area contributed by atoms with Gasteiger partial charge in [-0.2, -0.15) is 4.31 Å². The molecule has 1 aliphatic heterocycles. The standard InChI is InChI=1S/C27H34N4O6S2/c1-17-5-7-18(8-6-17)24(32)31(22-13-20(9-11-27(2,3)4)38-23(22)25(33)34)19-10-12-30(16-19)39(36,37)21-14-28-26(35)29-15-21/h13-15,17-19H,5-8,10,12,16H2,1-4H3,(H,33,34)(H,28,29,35). The summed E-state index contributed by atoms with van der Waals surface area (Å²) in [5.41, 5.74) is -0.682. The Morgan fingerprint density at radius 3 is 2.49 bits per heavy atom. The number of carbonyl (C=O) groups is 2. The summed E-state index contributed by atoms with van der Waals surface area (Å²) in [6, 6.07) is 1.10. The first-order valence-corrected chi connectivity index (χ1v) is 15.3. The van der Waals surface area contributed by atoms with E-state index in [-0.39, 0.29) is 45.8 Å². The van der Waals surface area contributed by atoms with E-state index in [1.807, 2.05) is 20.8 Å². The molecule has 1 amide bonds. The summed E-state index contributed by atoms with van der Waals surface area (Å²) in [6.45, 7) is 8.16. The summed E-state index contributed by atoms with van der Waals surface area (Å²) in [6.07, 6.45) is 5.68. The smallest absolute Gasteiger partial charge is 0.348 e. The zero-order chi connectivity index (χ0) is 28.5. The Morgan fingerprint density at radius 2 is 1.90 bits per heavy atom. The van der Waals surface area contributed by atoms with E-state index in [1.54, 1.807) is 6.07 Å². The number of thiophene rings is 1. The van der Waals surface area contributed by atoms with E-state index >= 15 is 0 Å². The predicted octanol–water partition coefficient (Wildman–Crippen LogP) is 3.55. The lowest BCUT2D eigenvalue weighted by Gasteiger charge is -2.34. The summed E-state index contributed by atoms with van der Waals surface area (Å²) in [5.74, 6) is 5.10. The molecule has 0 bridgehead atoms. The highest BCUT2D eigenvalue weighted by atomic mass is 32.2. The number of amides is 1. The number of rotatable bonds is 6. The minimum atomic E-state index is -3.98. The van der Waals surface area contributed by atoms with Crippen molar-refractivity contribution >= 4 is 38.9 Å². The van der Waals surface area contributed by atoms with Gasteiger partial charge < -0.3 is 15.0 Å². The molecule has 2 aromatic rings. The third-order valence-corrected chi connectivity index (χ3v) is 9.96. The van der Waals surface area contributed by atoms with E-state index in [1.165, 1.54) is 9.21 Å². The van der Waals surface area contributed by atoms with E-state index in [2.05, 4.69) is 28.7 Å². The van der Waals surface area contributed by atoms with Crippen LogP contribution in [0.4, 0.5) is 5.69 Å². The number of carbonyl (C=O) groups excluding carboxylic acids is 1. The Bertz CT molecular complexity index is 1450. The number of aromatic nitrogens is 2. The van der Waals surface area contributed by atoms with Crippen molar-refractivity contribution in [3.05, 3.63) is 38.7 Å². The van der Waals surface area contributed by atoms with Gasteiger partial charge in [-0.25, -0.2) is 23.0 Å². The molecule has 1 atom stereocenters. The molecule has 0 radical (unpaired) electrons. The van der Waals surface area contributed by atoms with Crippen LogP contribution < -0.4 is 10.6 Å². The number of hydrogen-bond donors (Lipinski definition) is 2. The highest BCUT2D eigenvalue weighted by Gasteiger charge is 2.41. The van der Waals surface area contributed by atoms with E-state index in [9.17, 15) is 27.9 Å². The zero-order valence-corrected chi connectivity index (χ0v) is 24.2. The summed E-state index contributed by atoms with van der Waals surface area (Å²) < 4.78 is 27.8. The fourth-order valence-corrected chi connectivity index (χ4v) is 7.23. The van der Waals surface area contributed by atoms with Crippen molar-refractivity contribution in [2.24, 2.45) is 17.3 Å². The fraction of sp³-hybridized carbons (Fsp3) is 0.556. The van der Waals surface area contributed by atoms with Gasteiger partial charge in [-0.3, -0.25) is 4.79 Å². The predicted molar refractivity (Wildman–Crippen MR) is 148 cm³/mol. The van der Waals surface area contributed by atoms with Gasteiger partial charge in [-0.1, -0.05) is 18.8 Å². The monoisotopic (exact) mass is 574 g/mol. The highest BCUT2D eigenvalue weighted by molar-refractivity contribution is 7.89. The number of carboxylic acids is 1. The molecule has 4 rings (SSSR count). The van der Waals surface area contributed by atoms with Crippen LogP contribution in [-0.4, -0.2) is 58.8 Å². The zero-order valence-electron chi connectivity index (χ0n) is 22.6. The van der Waals surface area contributed by atoms with Gasteiger partial charge in [-0.15, -0.1) is 11.3 Å². The molecule has 2 N–H and O–H groups in total. The first kappa shape index (κ1) is 29.0. The average Bonchev–Trinajstić information content (AvgIpc) is 3.52. The van der Waals surface area contributed by atoms with Crippen LogP contribution in [-0.2, 0) is 14.8 Å². The van der Waals surface area contributed by atoms with Crippen molar-refractivity contribution in [3.63, 3.8) is 0 Å². The second-order valence-electron chi connectivity index (χ2n) is 11.4. The maximum atomic E-state index is 14.0. The number of nitrogens with one attached hydrogen (secondary N) is 1. The van der Waals surface area contributed by atoms with Crippen LogP contribution in [0.15, 0.2) is 28.2 Å². The van der Waals surface area contributed by atoms with Crippen LogP contribution in [0.5, 0.6) is 0 Å². The lowest BCUT2D eigenvalue weighted by atomic mass is 9.82. The number of anilines is 1. The van der Waals surface area contributed by atoms with Crippen molar-refractivity contribution in [2.75, 3.05) is 18.0 Å². The molecule has 3 heterocycles. The quantitative estimate of drug-likeness (QED) is 0.503. The Hall–Kier alpha value is -3.01. The SMILES string of the molecule is CC1CCC(C(=O)N(c2cc(C#CC(C)(C)C)sc2C(=O)O)C2CCN(S(=O)(=O)c3cnc(=O)[nH]c3)C2)CC1. The number of sulfonamides is 1. The number of H-pyrrole nitrogens is 1. The molecule has 1 unspecified atom stereocenters. The summed E-state index contributed by atoms with van der Waals surface area (Å²) in [4.78, 5) is 45.4. The molecule has 2 aromatic heterocycles. The maximum Gasteiger partial charge on any atom is 0.348 e. The number of aromatic amines is 1. The first-order chi connectivity index (χ1) is 18.3. The molecule has 2 fully saturated rings. The van der Waals surface area contributed by atoms with Crippen LogP contribution in [0.1, 0.15) is 74.3 Å². The molecule has 210 valence electrons. The summed E-state index contributed by atoms with van der Waals surface area (Å²) >= 11 is 1.02. The van der Waals surface area contributed by atoms with E-state index in [4.69, 9.17) is 0 Å². The van der Waals surface area contributed by atoms with Gasteiger partial charge in [-0.05, 0) is 64.9 Å². The van der Waals surface area contributed by atoms with Gasteiger partial charge in [0.25, 0.3) is 0 Å². The molecular weight excluding hydrogens is 540 g/mol. The number of nitrogens with zero attached hydrogens (tertiary/aromatic N) is 3. The van der Waals surface area contributed by atoms with Crippen LogP contribution in [0.2, 0.25) is 0 Å². The van der Waals surface area contributed by atoms with Crippen LogP contribution >= 0.6 is 11.3 Å². The van der Waals surface area contributed by atoms with Gasteiger partial charge in [0.05, 0.1) is 22.8 Å². The molecular formula is C27H34N4O6S2. The van der Waals surface area contributed by atoms with Gasteiger partial charge >= 0.3 is 11.7 Å². The van der Waals surface area contributed by atoms with Gasteiger partial charge in [0, 0.05) is 30.6 Å². The van der Waals surface area contributed by atoms with Crippen molar-refractivity contribution < 1.29 is 23.1 Å². The van der Waals surface area contributed by atoms with Gasteiger partial charge in [0.15, 0.2) is 0 Å².